The molecule has 0 amide bonds. The zero-order chi connectivity index (χ0) is 15.1. The monoisotopic (exact) mass is 321 g/mol. The summed E-state index contributed by atoms with van der Waals surface area (Å²) in [5, 5.41) is 9.88. The standard InChI is InChI=1S/C16H13Cl2NO2/c17-13-8-14(18)10-16(9-13)21-6-2-5-20-15-4-1-3-12(7-15)11-19/h1,3-4,7-10H,2,5-6H2. The Hall–Kier alpha value is -1.89. The maximum atomic E-state index is 8.80. The molecule has 0 bridgehead atoms. The lowest BCUT2D eigenvalue weighted by Crippen LogP contribution is -2.05. The lowest BCUT2D eigenvalue weighted by atomic mass is 10.2. The smallest absolute Gasteiger partial charge is 0.122 e. The Morgan fingerprint density at radius 3 is 2.24 bits per heavy atom. The normalized spacial score (nSPS) is 9.95. The van der Waals surface area contributed by atoms with Gasteiger partial charge in [0.15, 0.2) is 0 Å². The maximum absolute atomic E-state index is 8.80. The molecule has 2 aromatic carbocycles. The van der Waals surface area contributed by atoms with Gasteiger partial charge in [-0.25, -0.2) is 0 Å². The van der Waals surface area contributed by atoms with Crippen LogP contribution in [0.25, 0.3) is 0 Å². The van der Waals surface area contributed by atoms with Crippen molar-refractivity contribution < 1.29 is 9.47 Å². The highest BCUT2D eigenvalue weighted by atomic mass is 35.5. The average Bonchev–Trinajstić information content (AvgIpc) is 2.46. The van der Waals surface area contributed by atoms with E-state index in [2.05, 4.69) is 6.07 Å². The summed E-state index contributed by atoms with van der Waals surface area (Å²) in [4.78, 5) is 0. The van der Waals surface area contributed by atoms with Gasteiger partial charge in [0.05, 0.1) is 24.8 Å². The third kappa shape index (κ3) is 5.18. The van der Waals surface area contributed by atoms with E-state index in [-0.39, 0.29) is 0 Å². The molecule has 0 N–H and O–H groups in total. The molecular weight excluding hydrogens is 309 g/mol. The molecule has 3 nitrogen and oxygen atoms in total. The Morgan fingerprint density at radius 1 is 0.905 bits per heavy atom. The van der Waals surface area contributed by atoms with E-state index >= 15 is 0 Å². The summed E-state index contributed by atoms with van der Waals surface area (Å²) in [6.45, 7) is 0.998. The lowest BCUT2D eigenvalue weighted by Gasteiger charge is -2.08. The van der Waals surface area contributed by atoms with Crippen molar-refractivity contribution in [2.75, 3.05) is 13.2 Å². The minimum atomic E-state index is 0.495. The Balaban J connectivity index is 1.73. The predicted molar refractivity (Wildman–Crippen MR) is 83.2 cm³/mol. The summed E-state index contributed by atoms with van der Waals surface area (Å²) in [7, 11) is 0. The van der Waals surface area contributed by atoms with E-state index in [1.54, 1.807) is 36.4 Å². The molecular formula is C16H13Cl2NO2. The molecule has 108 valence electrons. The third-order valence-corrected chi connectivity index (χ3v) is 3.06. The second kappa shape index (κ2) is 7.78. The molecule has 0 saturated carbocycles. The van der Waals surface area contributed by atoms with Crippen LogP contribution in [-0.2, 0) is 0 Å². The highest BCUT2D eigenvalue weighted by molar-refractivity contribution is 6.34. The van der Waals surface area contributed by atoms with Crippen molar-refractivity contribution in [2.24, 2.45) is 0 Å². The van der Waals surface area contributed by atoms with Gasteiger partial charge in [-0.3, -0.25) is 0 Å². The molecule has 0 aliphatic heterocycles. The van der Waals surface area contributed by atoms with Crippen molar-refractivity contribution in [2.45, 2.75) is 6.42 Å². The molecule has 0 spiro atoms. The van der Waals surface area contributed by atoms with Gasteiger partial charge >= 0.3 is 0 Å². The second-order valence-corrected chi connectivity index (χ2v) is 5.17. The van der Waals surface area contributed by atoms with Gasteiger partial charge in [0, 0.05) is 16.5 Å². The van der Waals surface area contributed by atoms with Gasteiger partial charge in [0.25, 0.3) is 0 Å². The van der Waals surface area contributed by atoms with E-state index in [1.807, 2.05) is 6.07 Å². The first-order valence-electron chi connectivity index (χ1n) is 6.39. The topological polar surface area (TPSA) is 42.2 Å². The van der Waals surface area contributed by atoms with Gasteiger partial charge < -0.3 is 9.47 Å². The van der Waals surface area contributed by atoms with Gasteiger partial charge in [-0.1, -0.05) is 29.3 Å². The first kappa shape index (κ1) is 15.5. The number of halogens is 2. The molecule has 0 aromatic heterocycles. The van der Waals surface area contributed by atoms with E-state index in [0.29, 0.717) is 46.7 Å². The number of hydrogen-bond donors (Lipinski definition) is 0. The molecule has 0 unspecified atom stereocenters. The van der Waals surface area contributed by atoms with Crippen LogP contribution < -0.4 is 9.47 Å². The Bertz CT molecular complexity index is 633. The van der Waals surface area contributed by atoms with Gasteiger partial charge in [0.1, 0.15) is 11.5 Å². The third-order valence-electron chi connectivity index (χ3n) is 2.63. The molecule has 0 saturated heterocycles. The van der Waals surface area contributed by atoms with Crippen molar-refractivity contribution in [3.8, 4) is 17.6 Å². The molecule has 0 atom stereocenters. The van der Waals surface area contributed by atoms with Crippen LogP contribution in [0.1, 0.15) is 12.0 Å². The van der Waals surface area contributed by atoms with Crippen LogP contribution in [0.5, 0.6) is 11.5 Å². The van der Waals surface area contributed by atoms with Gasteiger partial charge in [-0.05, 0) is 36.4 Å². The Labute approximate surface area is 133 Å². The second-order valence-electron chi connectivity index (χ2n) is 4.30. The van der Waals surface area contributed by atoms with Crippen molar-refractivity contribution in [1.82, 2.24) is 0 Å². The summed E-state index contributed by atoms with van der Waals surface area (Å²) >= 11 is 11.8. The maximum Gasteiger partial charge on any atom is 0.122 e. The molecule has 2 aromatic rings. The minimum Gasteiger partial charge on any atom is -0.493 e. The fourth-order valence-corrected chi connectivity index (χ4v) is 2.21. The first-order valence-corrected chi connectivity index (χ1v) is 7.15. The fraction of sp³-hybridized carbons (Fsp3) is 0.188. The average molecular weight is 322 g/mol. The largest absolute Gasteiger partial charge is 0.493 e. The first-order chi connectivity index (χ1) is 10.2. The number of nitriles is 1. The van der Waals surface area contributed by atoms with Crippen LogP contribution in [0, 0.1) is 11.3 Å². The van der Waals surface area contributed by atoms with Crippen LogP contribution in [0.4, 0.5) is 0 Å². The van der Waals surface area contributed by atoms with Crippen molar-refractivity contribution in [3.05, 3.63) is 58.1 Å². The van der Waals surface area contributed by atoms with E-state index in [4.69, 9.17) is 37.9 Å². The molecule has 0 fully saturated rings. The molecule has 0 radical (unpaired) electrons. The predicted octanol–water partition coefficient (Wildman–Crippen LogP) is 4.71. The quantitative estimate of drug-likeness (QED) is 0.723. The summed E-state index contributed by atoms with van der Waals surface area (Å²) in [5.41, 5.74) is 0.581. The highest BCUT2D eigenvalue weighted by Crippen LogP contribution is 2.24. The molecule has 0 aliphatic carbocycles. The molecule has 21 heavy (non-hydrogen) atoms. The van der Waals surface area contributed by atoms with Gasteiger partial charge in [-0.2, -0.15) is 5.26 Å². The lowest BCUT2D eigenvalue weighted by molar-refractivity contribution is 0.247. The van der Waals surface area contributed by atoms with Crippen LogP contribution in [-0.4, -0.2) is 13.2 Å². The van der Waals surface area contributed by atoms with Crippen molar-refractivity contribution >= 4 is 23.2 Å². The van der Waals surface area contributed by atoms with Gasteiger partial charge in [0.2, 0.25) is 0 Å². The molecule has 5 heteroatoms. The zero-order valence-electron chi connectivity index (χ0n) is 11.2. The number of rotatable bonds is 6. The number of nitrogens with zero attached hydrogens (tertiary/aromatic N) is 1. The van der Waals surface area contributed by atoms with Crippen LogP contribution in [0.2, 0.25) is 10.0 Å². The fourth-order valence-electron chi connectivity index (χ4n) is 1.71. The van der Waals surface area contributed by atoms with Crippen molar-refractivity contribution in [3.63, 3.8) is 0 Å². The van der Waals surface area contributed by atoms with E-state index in [0.717, 1.165) is 0 Å². The van der Waals surface area contributed by atoms with Crippen LogP contribution >= 0.6 is 23.2 Å². The highest BCUT2D eigenvalue weighted by Gasteiger charge is 2.00. The van der Waals surface area contributed by atoms with Crippen LogP contribution in [0.15, 0.2) is 42.5 Å². The van der Waals surface area contributed by atoms with E-state index in [1.165, 1.54) is 0 Å². The zero-order valence-corrected chi connectivity index (χ0v) is 12.7. The molecule has 0 aliphatic rings. The Morgan fingerprint density at radius 2 is 1.57 bits per heavy atom. The summed E-state index contributed by atoms with van der Waals surface area (Å²) in [6, 6.07) is 14.2. The van der Waals surface area contributed by atoms with E-state index in [9.17, 15) is 0 Å². The number of benzene rings is 2. The Kier molecular flexibility index (Phi) is 5.74. The summed E-state index contributed by atoms with van der Waals surface area (Å²) in [5.74, 6) is 1.32. The molecule has 2 rings (SSSR count). The number of hydrogen-bond acceptors (Lipinski definition) is 3. The van der Waals surface area contributed by atoms with E-state index < -0.39 is 0 Å². The molecule has 0 heterocycles. The van der Waals surface area contributed by atoms with Gasteiger partial charge in [-0.15, -0.1) is 0 Å². The number of ether oxygens (including phenoxy) is 2. The SMILES string of the molecule is N#Cc1cccc(OCCCOc2cc(Cl)cc(Cl)c2)c1. The van der Waals surface area contributed by atoms with Crippen LogP contribution in [0.3, 0.4) is 0 Å². The summed E-state index contributed by atoms with van der Waals surface area (Å²) in [6.07, 6.45) is 0.709. The van der Waals surface area contributed by atoms with Crippen molar-refractivity contribution in [1.29, 1.82) is 5.26 Å². The minimum absolute atomic E-state index is 0.495. The summed E-state index contributed by atoms with van der Waals surface area (Å²) < 4.78 is 11.1.